The van der Waals surface area contributed by atoms with Crippen LogP contribution < -0.4 is 5.32 Å². The van der Waals surface area contributed by atoms with Crippen molar-refractivity contribution in [3.63, 3.8) is 0 Å². The summed E-state index contributed by atoms with van der Waals surface area (Å²) in [7, 11) is 0. The van der Waals surface area contributed by atoms with Gasteiger partial charge < -0.3 is 10.4 Å². The summed E-state index contributed by atoms with van der Waals surface area (Å²) in [6.07, 6.45) is 3.97. The molecule has 1 fully saturated rings. The van der Waals surface area contributed by atoms with E-state index in [9.17, 15) is 9.90 Å². The van der Waals surface area contributed by atoms with Crippen LogP contribution in [0.3, 0.4) is 0 Å². The van der Waals surface area contributed by atoms with Gasteiger partial charge in [0.15, 0.2) is 0 Å². The van der Waals surface area contributed by atoms with Crippen molar-refractivity contribution < 1.29 is 9.90 Å². The Hall–Kier alpha value is -1.35. The first-order chi connectivity index (χ1) is 9.46. The van der Waals surface area contributed by atoms with Crippen LogP contribution in [0.5, 0.6) is 0 Å². The van der Waals surface area contributed by atoms with Gasteiger partial charge in [0, 0.05) is 5.56 Å². The van der Waals surface area contributed by atoms with Gasteiger partial charge in [-0.05, 0) is 44.2 Å². The monoisotopic (exact) mass is 275 g/mol. The van der Waals surface area contributed by atoms with Crippen molar-refractivity contribution in [2.45, 2.75) is 52.0 Å². The average molecular weight is 275 g/mol. The lowest BCUT2D eigenvalue weighted by Crippen LogP contribution is -2.54. The number of aryl methyl sites for hydroxylation is 2. The Kier molecular flexibility index (Phi) is 4.48. The lowest BCUT2D eigenvalue weighted by atomic mass is 9.76. The van der Waals surface area contributed by atoms with Gasteiger partial charge in [0.05, 0.1) is 12.1 Å². The second-order valence-electron chi connectivity index (χ2n) is 6.41. The summed E-state index contributed by atoms with van der Waals surface area (Å²) in [4.78, 5) is 12.5. The van der Waals surface area contributed by atoms with Gasteiger partial charge in [0.1, 0.15) is 0 Å². The van der Waals surface area contributed by atoms with Crippen LogP contribution in [0.2, 0.25) is 0 Å². The van der Waals surface area contributed by atoms with Crippen LogP contribution in [0.15, 0.2) is 18.2 Å². The second-order valence-corrected chi connectivity index (χ2v) is 6.41. The maximum absolute atomic E-state index is 12.5. The first kappa shape index (κ1) is 15.0. The van der Waals surface area contributed by atoms with E-state index in [4.69, 9.17) is 0 Å². The summed E-state index contributed by atoms with van der Waals surface area (Å²) in [6, 6.07) is 5.90. The molecule has 2 rings (SSSR count). The van der Waals surface area contributed by atoms with E-state index in [0.717, 1.165) is 36.0 Å². The lowest BCUT2D eigenvalue weighted by Gasteiger charge is -2.39. The van der Waals surface area contributed by atoms with Gasteiger partial charge in [0.2, 0.25) is 0 Å². The number of rotatable bonds is 3. The van der Waals surface area contributed by atoms with Crippen LogP contribution in [0.25, 0.3) is 0 Å². The number of nitrogens with one attached hydrogen (secondary N) is 1. The van der Waals surface area contributed by atoms with Gasteiger partial charge in [-0.25, -0.2) is 0 Å². The van der Waals surface area contributed by atoms with Crippen molar-refractivity contribution in [1.29, 1.82) is 0 Å². The standard InChI is InChI=1S/C17H25NO2/c1-12-6-7-14(3)15(9-12)16(20)18-17(11-19)8-4-5-13(2)10-17/h6-7,9,13,19H,4-5,8,10-11H2,1-3H3,(H,18,20). The quantitative estimate of drug-likeness (QED) is 0.891. The lowest BCUT2D eigenvalue weighted by molar-refractivity contribution is 0.0696. The maximum Gasteiger partial charge on any atom is 0.252 e. The van der Waals surface area contributed by atoms with E-state index >= 15 is 0 Å². The van der Waals surface area contributed by atoms with E-state index in [1.165, 1.54) is 6.42 Å². The number of hydrogen-bond acceptors (Lipinski definition) is 2. The number of carbonyl (C=O) groups excluding carboxylic acids is 1. The molecule has 1 aliphatic carbocycles. The van der Waals surface area contributed by atoms with E-state index in [2.05, 4.69) is 12.2 Å². The highest BCUT2D eigenvalue weighted by Gasteiger charge is 2.36. The van der Waals surface area contributed by atoms with E-state index in [-0.39, 0.29) is 12.5 Å². The van der Waals surface area contributed by atoms with E-state index in [0.29, 0.717) is 5.92 Å². The predicted molar refractivity (Wildman–Crippen MR) is 80.8 cm³/mol. The molecule has 1 aromatic carbocycles. The number of benzene rings is 1. The molecule has 3 heteroatoms. The molecule has 2 N–H and O–H groups in total. The number of aliphatic hydroxyl groups is 1. The summed E-state index contributed by atoms with van der Waals surface area (Å²) in [6.45, 7) is 6.14. The molecule has 1 aromatic rings. The van der Waals surface area contributed by atoms with Gasteiger partial charge in [-0.1, -0.05) is 37.5 Å². The number of aliphatic hydroxyl groups excluding tert-OH is 1. The molecule has 0 spiro atoms. The number of hydrogen-bond donors (Lipinski definition) is 2. The van der Waals surface area contributed by atoms with Gasteiger partial charge in [-0.15, -0.1) is 0 Å². The molecule has 0 aliphatic heterocycles. The van der Waals surface area contributed by atoms with Gasteiger partial charge in [-0.3, -0.25) is 4.79 Å². The Balaban J connectivity index is 2.19. The summed E-state index contributed by atoms with van der Waals surface area (Å²) < 4.78 is 0. The van der Waals surface area contributed by atoms with Crippen molar-refractivity contribution in [1.82, 2.24) is 5.32 Å². The fourth-order valence-corrected chi connectivity index (χ4v) is 3.25. The van der Waals surface area contributed by atoms with Crippen LogP contribution in [0, 0.1) is 19.8 Å². The average Bonchev–Trinajstić information content (AvgIpc) is 2.41. The Morgan fingerprint density at radius 2 is 2.20 bits per heavy atom. The topological polar surface area (TPSA) is 49.3 Å². The van der Waals surface area contributed by atoms with E-state index in [1.807, 2.05) is 32.0 Å². The molecule has 1 aliphatic rings. The maximum atomic E-state index is 12.5. The van der Waals surface area contributed by atoms with Crippen molar-refractivity contribution >= 4 is 5.91 Å². The number of carbonyl (C=O) groups is 1. The molecule has 20 heavy (non-hydrogen) atoms. The normalized spacial score (nSPS) is 26.3. The fourth-order valence-electron chi connectivity index (χ4n) is 3.25. The second kappa shape index (κ2) is 5.96. The molecule has 1 saturated carbocycles. The predicted octanol–water partition coefficient (Wildman–Crippen LogP) is 2.97. The highest BCUT2D eigenvalue weighted by atomic mass is 16.3. The van der Waals surface area contributed by atoms with Gasteiger partial charge in [-0.2, -0.15) is 0 Å². The molecular weight excluding hydrogens is 250 g/mol. The summed E-state index contributed by atoms with van der Waals surface area (Å²) in [5, 5.41) is 12.9. The Morgan fingerprint density at radius 1 is 1.45 bits per heavy atom. The SMILES string of the molecule is Cc1ccc(C)c(C(=O)NC2(CO)CCCC(C)C2)c1. The van der Waals surface area contributed by atoms with E-state index in [1.54, 1.807) is 0 Å². The van der Waals surface area contributed by atoms with Crippen molar-refractivity contribution in [3.05, 3.63) is 34.9 Å². The van der Waals surface area contributed by atoms with Crippen LogP contribution in [0.1, 0.15) is 54.1 Å². The molecular formula is C17H25NO2. The Labute approximate surface area is 121 Å². The largest absolute Gasteiger partial charge is 0.394 e. The molecule has 0 heterocycles. The third-order valence-corrected chi connectivity index (χ3v) is 4.41. The van der Waals surface area contributed by atoms with Crippen LogP contribution in [-0.2, 0) is 0 Å². The van der Waals surface area contributed by atoms with Crippen LogP contribution >= 0.6 is 0 Å². The molecule has 2 unspecified atom stereocenters. The molecule has 0 bridgehead atoms. The zero-order valence-electron chi connectivity index (χ0n) is 12.7. The molecule has 0 saturated heterocycles. The first-order valence-electron chi connectivity index (χ1n) is 7.46. The molecule has 2 atom stereocenters. The van der Waals surface area contributed by atoms with Crippen molar-refractivity contribution in [3.8, 4) is 0 Å². The minimum Gasteiger partial charge on any atom is -0.394 e. The minimum absolute atomic E-state index is 0.0218. The van der Waals surface area contributed by atoms with Crippen molar-refractivity contribution in [2.75, 3.05) is 6.61 Å². The summed E-state index contributed by atoms with van der Waals surface area (Å²) in [5.74, 6) is 0.490. The summed E-state index contributed by atoms with van der Waals surface area (Å²) in [5.41, 5.74) is 2.34. The highest BCUT2D eigenvalue weighted by molar-refractivity contribution is 5.96. The smallest absolute Gasteiger partial charge is 0.252 e. The zero-order chi connectivity index (χ0) is 14.8. The summed E-state index contributed by atoms with van der Waals surface area (Å²) >= 11 is 0. The van der Waals surface area contributed by atoms with Crippen LogP contribution in [0.4, 0.5) is 0 Å². The zero-order valence-corrected chi connectivity index (χ0v) is 12.7. The highest BCUT2D eigenvalue weighted by Crippen LogP contribution is 2.32. The first-order valence-corrected chi connectivity index (χ1v) is 7.46. The minimum atomic E-state index is -0.440. The fraction of sp³-hybridized carbons (Fsp3) is 0.588. The van der Waals surface area contributed by atoms with Crippen LogP contribution in [-0.4, -0.2) is 23.2 Å². The molecule has 0 radical (unpaired) electrons. The Bertz CT molecular complexity index is 498. The third kappa shape index (κ3) is 3.21. The van der Waals surface area contributed by atoms with E-state index < -0.39 is 5.54 Å². The van der Waals surface area contributed by atoms with Gasteiger partial charge >= 0.3 is 0 Å². The molecule has 110 valence electrons. The Morgan fingerprint density at radius 3 is 2.85 bits per heavy atom. The number of amides is 1. The van der Waals surface area contributed by atoms with Gasteiger partial charge in [0.25, 0.3) is 5.91 Å². The third-order valence-electron chi connectivity index (χ3n) is 4.41. The molecule has 3 nitrogen and oxygen atoms in total. The molecule has 0 aromatic heterocycles. The molecule has 1 amide bonds. The van der Waals surface area contributed by atoms with Crippen molar-refractivity contribution in [2.24, 2.45) is 5.92 Å².